The van der Waals surface area contributed by atoms with Crippen LogP contribution in [-0.4, -0.2) is 41.4 Å². The highest BCUT2D eigenvalue weighted by atomic mass is 16.2. The number of hydrogen-bond acceptors (Lipinski definition) is 6. The fourth-order valence-electron chi connectivity index (χ4n) is 5.14. The van der Waals surface area contributed by atoms with E-state index in [1.165, 1.54) is 10.7 Å². The van der Waals surface area contributed by atoms with Gasteiger partial charge in [0.2, 0.25) is 0 Å². The number of aromatic nitrogens is 6. The monoisotopic (exact) mass is 554 g/mol. The first-order valence-electron chi connectivity index (χ1n) is 13.7. The minimum Gasteiger partial charge on any atom is -0.342 e. The standard InChI is InChI=1S/C32H26N8O2/c33-17-27(37-31(41)26-19-36-38-15-5-14-34-30(26)38)28-16-23-7-4-6-22(11-10-21-18-35-39(20-21)24-12-13-24)29(23)32(42)40(28)25-8-2-1-3-9-25/h1-9,14-16,18-20,24,27H,12-13,17,33H2,(H,37,41)/t27-/m0/s1. The Balaban J connectivity index is 1.33. The average molecular weight is 555 g/mol. The van der Waals surface area contributed by atoms with Crippen LogP contribution in [0.3, 0.4) is 0 Å². The third-order valence-electron chi connectivity index (χ3n) is 7.38. The Morgan fingerprint density at radius 2 is 1.90 bits per heavy atom. The number of para-hydroxylation sites is 1. The van der Waals surface area contributed by atoms with E-state index in [1.807, 2.05) is 65.5 Å². The van der Waals surface area contributed by atoms with Crippen LogP contribution in [0.4, 0.5) is 0 Å². The van der Waals surface area contributed by atoms with Crippen LogP contribution in [0, 0.1) is 11.8 Å². The molecule has 4 heterocycles. The zero-order chi connectivity index (χ0) is 28.6. The number of nitrogens with zero attached hydrogens (tertiary/aromatic N) is 6. The summed E-state index contributed by atoms with van der Waals surface area (Å²) in [6.45, 7) is 0.0562. The van der Waals surface area contributed by atoms with Gasteiger partial charge in [-0.05, 0) is 48.6 Å². The number of carbonyl (C=O) groups excluding carboxylic acids is 1. The van der Waals surface area contributed by atoms with Crippen molar-refractivity contribution in [1.29, 1.82) is 0 Å². The van der Waals surface area contributed by atoms with E-state index < -0.39 is 11.9 Å². The quantitative estimate of drug-likeness (QED) is 0.304. The maximum atomic E-state index is 14.3. The molecule has 0 spiro atoms. The summed E-state index contributed by atoms with van der Waals surface area (Å²) in [7, 11) is 0. The number of amides is 1. The van der Waals surface area contributed by atoms with Crippen LogP contribution in [0.15, 0.2) is 96.4 Å². The zero-order valence-corrected chi connectivity index (χ0v) is 22.5. The van der Waals surface area contributed by atoms with Gasteiger partial charge in [-0.25, -0.2) is 9.50 Å². The van der Waals surface area contributed by atoms with E-state index in [2.05, 4.69) is 32.3 Å². The third-order valence-corrected chi connectivity index (χ3v) is 7.38. The molecular weight excluding hydrogens is 528 g/mol. The lowest BCUT2D eigenvalue weighted by Gasteiger charge is -2.23. The fraction of sp³-hybridized carbons (Fsp3) is 0.156. The second kappa shape index (κ2) is 10.5. The molecule has 42 heavy (non-hydrogen) atoms. The number of benzene rings is 2. The van der Waals surface area contributed by atoms with Gasteiger partial charge < -0.3 is 11.1 Å². The highest BCUT2D eigenvalue weighted by molar-refractivity contribution is 6.00. The van der Waals surface area contributed by atoms with Crippen molar-refractivity contribution in [3.63, 3.8) is 0 Å². The van der Waals surface area contributed by atoms with Crippen LogP contribution in [-0.2, 0) is 0 Å². The van der Waals surface area contributed by atoms with Gasteiger partial charge >= 0.3 is 0 Å². The van der Waals surface area contributed by atoms with Gasteiger partial charge in [-0.1, -0.05) is 42.2 Å². The summed E-state index contributed by atoms with van der Waals surface area (Å²) in [4.78, 5) is 32.0. The average Bonchev–Trinajstić information content (AvgIpc) is 3.60. The van der Waals surface area contributed by atoms with Crippen LogP contribution >= 0.6 is 0 Å². The molecule has 1 amide bonds. The fourth-order valence-corrected chi connectivity index (χ4v) is 5.14. The van der Waals surface area contributed by atoms with E-state index in [4.69, 9.17) is 5.73 Å². The lowest BCUT2D eigenvalue weighted by molar-refractivity contribution is 0.0938. The van der Waals surface area contributed by atoms with Crippen molar-refractivity contribution in [2.24, 2.45) is 5.73 Å². The van der Waals surface area contributed by atoms with Crippen LogP contribution in [0.5, 0.6) is 0 Å². The molecule has 0 aliphatic heterocycles. The summed E-state index contributed by atoms with van der Waals surface area (Å²) in [6.07, 6.45) is 10.8. The minimum absolute atomic E-state index is 0.0562. The molecule has 2 aromatic carbocycles. The van der Waals surface area contributed by atoms with Gasteiger partial charge in [0, 0.05) is 36.4 Å². The van der Waals surface area contributed by atoms with E-state index in [-0.39, 0.29) is 12.1 Å². The Labute approximate surface area is 240 Å². The first-order chi connectivity index (χ1) is 20.6. The SMILES string of the molecule is NC[C@H](NC(=O)c1cnn2cccnc12)c1cc2cccc(C#Cc3cnn(C4CC4)c3)c2c(=O)n1-c1ccccc1. The third kappa shape index (κ3) is 4.62. The smallest absolute Gasteiger partial charge is 0.264 e. The molecular formula is C32H26N8O2. The summed E-state index contributed by atoms with van der Waals surface area (Å²) in [6, 6.07) is 18.3. The van der Waals surface area contributed by atoms with Crippen LogP contribution in [0.2, 0.25) is 0 Å². The van der Waals surface area contributed by atoms with Crippen molar-refractivity contribution in [2.45, 2.75) is 24.9 Å². The van der Waals surface area contributed by atoms with Gasteiger partial charge in [-0.2, -0.15) is 10.2 Å². The molecule has 1 atom stereocenters. The van der Waals surface area contributed by atoms with E-state index in [9.17, 15) is 9.59 Å². The molecule has 10 heteroatoms. The van der Waals surface area contributed by atoms with Gasteiger partial charge in [0.1, 0.15) is 5.56 Å². The Hall–Kier alpha value is -5.53. The summed E-state index contributed by atoms with van der Waals surface area (Å²) in [5.74, 6) is 5.98. The Bertz CT molecular complexity index is 2080. The van der Waals surface area contributed by atoms with E-state index in [0.29, 0.717) is 45.0 Å². The number of rotatable bonds is 6. The Morgan fingerprint density at radius 1 is 1.05 bits per heavy atom. The van der Waals surface area contributed by atoms with Crippen LogP contribution in [0.25, 0.3) is 22.1 Å². The molecule has 0 bridgehead atoms. The van der Waals surface area contributed by atoms with E-state index >= 15 is 0 Å². The molecule has 1 fully saturated rings. The summed E-state index contributed by atoms with van der Waals surface area (Å²) in [5.41, 5.74) is 9.33. The van der Waals surface area contributed by atoms with Gasteiger partial charge in [-0.15, -0.1) is 0 Å². The number of hydrogen-bond donors (Lipinski definition) is 2. The number of pyridine rings is 1. The van der Waals surface area contributed by atoms with Gasteiger partial charge in [-0.3, -0.25) is 18.8 Å². The molecule has 206 valence electrons. The Kier molecular flexibility index (Phi) is 6.34. The van der Waals surface area contributed by atoms with E-state index in [0.717, 1.165) is 18.4 Å². The van der Waals surface area contributed by atoms with Crippen LogP contribution < -0.4 is 16.6 Å². The molecule has 1 aliphatic carbocycles. The second-order valence-electron chi connectivity index (χ2n) is 10.2. The maximum absolute atomic E-state index is 14.3. The molecule has 10 nitrogen and oxygen atoms in total. The summed E-state index contributed by atoms with van der Waals surface area (Å²) in [5, 5.41) is 12.8. The molecule has 1 aliphatic rings. The molecule has 0 radical (unpaired) electrons. The number of nitrogens with two attached hydrogens (primary N) is 1. The van der Waals surface area contributed by atoms with Crippen molar-refractivity contribution in [2.75, 3.05) is 6.54 Å². The van der Waals surface area contributed by atoms with Crippen molar-refractivity contribution in [3.05, 3.63) is 124 Å². The first kappa shape index (κ1) is 25.4. The van der Waals surface area contributed by atoms with Crippen molar-refractivity contribution in [3.8, 4) is 17.5 Å². The van der Waals surface area contributed by atoms with Crippen molar-refractivity contribution < 1.29 is 4.79 Å². The molecule has 6 aromatic rings. The van der Waals surface area contributed by atoms with Gasteiger partial charge in [0.25, 0.3) is 11.5 Å². The topological polar surface area (TPSA) is 125 Å². The Morgan fingerprint density at radius 3 is 2.71 bits per heavy atom. The van der Waals surface area contributed by atoms with Crippen molar-refractivity contribution >= 4 is 22.3 Å². The lowest BCUT2D eigenvalue weighted by Crippen LogP contribution is -2.37. The number of fused-ring (bicyclic) bond motifs is 2. The summed E-state index contributed by atoms with van der Waals surface area (Å²) >= 11 is 0. The van der Waals surface area contributed by atoms with Crippen LogP contribution in [0.1, 0.15) is 52.1 Å². The summed E-state index contributed by atoms with van der Waals surface area (Å²) < 4.78 is 5.08. The molecule has 0 unspecified atom stereocenters. The van der Waals surface area contributed by atoms with Gasteiger partial charge in [0.15, 0.2) is 5.65 Å². The maximum Gasteiger partial charge on any atom is 0.264 e. The molecule has 3 N–H and O–H groups in total. The molecule has 7 rings (SSSR count). The molecule has 4 aromatic heterocycles. The highest BCUT2D eigenvalue weighted by Gasteiger charge is 2.25. The van der Waals surface area contributed by atoms with Gasteiger partial charge in [0.05, 0.1) is 41.1 Å². The lowest BCUT2D eigenvalue weighted by atomic mass is 10.0. The highest BCUT2D eigenvalue weighted by Crippen LogP contribution is 2.34. The molecule has 1 saturated carbocycles. The van der Waals surface area contributed by atoms with Crippen molar-refractivity contribution in [1.82, 2.24) is 34.3 Å². The number of nitrogens with one attached hydrogen (secondary N) is 1. The first-order valence-corrected chi connectivity index (χ1v) is 13.7. The second-order valence-corrected chi connectivity index (χ2v) is 10.2. The predicted octanol–water partition coefficient (Wildman–Crippen LogP) is 3.39. The minimum atomic E-state index is -0.684. The zero-order valence-electron chi connectivity index (χ0n) is 22.5. The normalized spacial score (nSPS) is 13.5. The largest absolute Gasteiger partial charge is 0.342 e. The number of carbonyl (C=O) groups is 1. The molecule has 0 saturated heterocycles. The van der Waals surface area contributed by atoms with E-state index in [1.54, 1.807) is 29.2 Å². The predicted molar refractivity (Wildman–Crippen MR) is 158 cm³/mol.